The first kappa shape index (κ1) is 30.4. The first-order valence-electron chi connectivity index (χ1n) is 14.2. The Morgan fingerprint density at radius 2 is 1.77 bits per heavy atom. The van der Waals surface area contributed by atoms with Gasteiger partial charge in [-0.3, -0.25) is 8.74 Å². The quantitative estimate of drug-likeness (QED) is 0.0748. The number of anilines is 1. The number of rotatable bonds is 12. The molecule has 2 heterocycles. The van der Waals surface area contributed by atoms with E-state index < -0.39 is 27.2 Å². The molecule has 1 aliphatic rings. The molecule has 1 N–H and O–H groups in total. The second kappa shape index (κ2) is 13.1. The second-order valence-electron chi connectivity index (χ2n) is 10.4. The van der Waals surface area contributed by atoms with Crippen molar-refractivity contribution >= 4 is 65.6 Å². The van der Waals surface area contributed by atoms with E-state index in [4.69, 9.17) is 13.5 Å². The minimum absolute atomic E-state index is 0.118. The Morgan fingerprint density at radius 3 is 2.57 bits per heavy atom. The van der Waals surface area contributed by atoms with Gasteiger partial charge in [0.05, 0.1) is 33.9 Å². The predicted molar refractivity (Wildman–Crippen MR) is 172 cm³/mol. The van der Waals surface area contributed by atoms with Crippen molar-refractivity contribution in [3.63, 3.8) is 0 Å². The SMILES string of the molecule is O=S(O)OCCC[n+]1c(C=C2Oc3ccc(-c4ccccc4)cc3N2CCCCS(=O)(=O)[O-])sc2ccc3ccccc3c21. The molecule has 4 aromatic carbocycles. The smallest absolute Gasteiger partial charge is 0.301 e. The molecule has 0 saturated heterocycles. The van der Waals surface area contributed by atoms with E-state index in [-0.39, 0.29) is 13.0 Å². The molecule has 228 valence electrons. The van der Waals surface area contributed by atoms with Gasteiger partial charge in [0, 0.05) is 18.7 Å². The zero-order chi connectivity index (χ0) is 30.7. The number of aryl methyl sites for hydroxylation is 1. The van der Waals surface area contributed by atoms with Gasteiger partial charge in [0.15, 0.2) is 12.3 Å². The summed E-state index contributed by atoms with van der Waals surface area (Å²) in [5.41, 5.74) is 4.00. The van der Waals surface area contributed by atoms with Crippen LogP contribution in [-0.2, 0) is 32.2 Å². The lowest BCUT2D eigenvalue weighted by Gasteiger charge is -2.19. The summed E-state index contributed by atoms with van der Waals surface area (Å²) in [6.45, 7) is 1.11. The van der Waals surface area contributed by atoms with E-state index in [1.807, 2.05) is 65.6 Å². The third-order valence-corrected chi connectivity index (χ3v) is 9.69. The molecule has 44 heavy (non-hydrogen) atoms. The zero-order valence-corrected chi connectivity index (χ0v) is 26.1. The van der Waals surface area contributed by atoms with Gasteiger partial charge in [0.25, 0.3) is 5.01 Å². The number of hydrogen-bond acceptors (Lipinski definition) is 8. The normalized spacial score (nSPS) is 14.8. The Balaban J connectivity index is 1.41. The predicted octanol–water partition coefficient (Wildman–Crippen LogP) is 6.08. The van der Waals surface area contributed by atoms with Gasteiger partial charge in [-0.25, -0.2) is 8.42 Å². The van der Waals surface area contributed by atoms with Gasteiger partial charge >= 0.3 is 11.4 Å². The molecule has 1 aliphatic heterocycles. The third kappa shape index (κ3) is 6.85. The highest BCUT2D eigenvalue weighted by atomic mass is 32.2. The fourth-order valence-electron chi connectivity index (χ4n) is 5.46. The first-order chi connectivity index (χ1) is 21.3. The van der Waals surface area contributed by atoms with E-state index in [0.29, 0.717) is 37.6 Å². The summed E-state index contributed by atoms with van der Waals surface area (Å²) in [5, 5.41) is 3.11. The van der Waals surface area contributed by atoms with Crippen molar-refractivity contribution in [3.8, 4) is 16.9 Å². The Kier molecular flexibility index (Phi) is 9.08. The van der Waals surface area contributed by atoms with Crippen molar-refractivity contribution in [2.45, 2.75) is 25.8 Å². The maximum absolute atomic E-state index is 11.2. The second-order valence-corrected chi connectivity index (χ2v) is 13.6. The van der Waals surface area contributed by atoms with Crippen LogP contribution in [0.3, 0.4) is 0 Å². The molecule has 1 unspecified atom stereocenters. The maximum Gasteiger partial charge on any atom is 0.301 e. The van der Waals surface area contributed by atoms with Gasteiger partial charge in [-0.15, -0.1) is 0 Å². The Labute approximate surface area is 262 Å². The van der Waals surface area contributed by atoms with Crippen LogP contribution in [0.5, 0.6) is 5.75 Å². The third-order valence-electron chi connectivity index (χ3n) is 7.43. The molecule has 12 heteroatoms. The zero-order valence-electron chi connectivity index (χ0n) is 23.6. The highest BCUT2D eigenvalue weighted by molar-refractivity contribution is 7.85. The molecule has 0 bridgehead atoms. The van der Waals surface area contributed by atoms with Crippen LogP contribution in [-0.4, -0.2) is 40.6 Å². The van der Waals surface area contributed by atoms with E-state index in [0.717, 1.165) is 42.8 Å². The number of thiazole rings is 1. The van der Waals surface area contributed by atoms with E-state index in [2.05, 4.69) is 34.9 Å². The summed E-state index contributed by atoms with van der Waals surface area (Å²) in [5.74, 6) is 0.860. The standard InChI is InChI=1S/C32H30N2O7S3/c35-43(36)40-19-8-18-34-31(42-29-16-14-24-11-4-5-12-26(24)32(29)34)22-30-33(17-6-7-20-44(37,38)39)27-21-25(13-15-28(27)41-30)23-9-2-1-3-10-23/h1-5,9-16,21-22H,6-8,17-20H2,(H-,35,36,37,38,39). The Hall–Kier alpha value is -3.65. The molecule has 1 aromatic heterocycles. The fraction of sp³-hybridized carbons (Fsp3) is 0.219. The molecule has 6 rings (SSSR count). The van der Waals surface area contributed by atoms with Crippen LogP contribution >= 0.6 is 11.3 Å². The molecular formula is C32H30N2O7S3. The van der Waals surface area contributed by atoms with E-state index in [9.17, 15) is 17.2 Å². The summed E-state index contributed by atoms with van der Waals surface area (Å²) >= 11 is -0.717. The first-order valence-corrected chi connectivity index (χ1v) is 17.6. The highest BCUT2D eigenvalue weighted by Gasteiger charge is 2.30. The Morgan fingerprint density at radius 1 is 0.977 bits per heavy atom. The van der Waals surface area contributed by atoms with Crippen LogP contribution < -0.4 is 14.2 Å². The van der Waals surface area contributed by atoms with E-state index >= 15 is 0 Å². The fourth-order valence-corrected chi connectivity index (χ4v) is 7.41. The van der Waals surface area contributed by atoms with Crippen LogP contribution in [0.1, 0.15) is 24.3 Å². The minimum atomic E-state index is -4.30. The molecule has 0 radical (unpaired) electrons. The van der Waals surface area contributed by atoms with Crippen LogP contribution in [0.4, 0.5) is 5.69 Å². The summed E-state index contributed by atoms with van der Waals surface area (Å²) < 4.78 is 68.5. The summed E-state index contributed by atoms with van der Waals surface area (Å²) in [6, 6.07) is 28.4. The summed E-state index contributed by atoms with van der Waals surface area (Å²) in [4.78, 5) is 2.03. The molecule has 9 nitrogen and oxygen atoms in total. The lowest BCUT2D eigenvalue weighted by molar-refractivity contribution is -0.668. The van der Waals surface area contributed by atoms with Crippen molar-refractivity contribution in [2.24, 2.45) is 0 Å². The molecule has 0 fully saturated rings. The maximum atomic E-state index is 11.2. The van der Waals surface area contributed by atoms with Gasteiger partial charge in [-0.05, 0) is 53.6 Å². The number of fused-ring (bicyclic) bond motifs is 4. The summed E-state index contributed by atoms with van der Waals surface area (Å²) in [6.07, 6.45) is 3.21. The van der Waals surface area contributed by atoms with Gasteiger partial charge < -0.3 is 14.2 Å². The van der Waals surface area contributed by atoms with Gasteiger partial charge in [-0.2, -0.15) is 8.78 Å². The Bertz CT molecular complexity index is 1970. The highest BCUT2D eigenvalue weighted by Crippen LogP contribution is 2.42. The molecule has 5 aromatic rings. The molecule has 0 amide bonds. The van der Waals surface area contributed by atoms with Crippen LogP contribution in [0, 0.1) is 0 Å². The minimum Gasteiger partial charge on any atom is -0.748 e. The molecule has 1 atom stereocenters. The van der Waals surface area contributed by atoms with Crippen LogP contribution in [0.2, 0.25) is 0 Å². The van der Waals surface area contributed by atoms with Gasteiger partial charge in [0.1, 0.15) is 4.70 Å². The number of ether oxygens (including phenoxy) is 1. The number of hydrogen-bond donors (Lipinski definition) is 1. The van der Waals surface area contributed by atoms with E-state index in [1.54, 1.807) is 11.3 Å². The lowest BCUT2D eigenvalue weighted by atomic mass is 10.0. The molecule has 0 saturated carbocycles. The largest absolute Gasteiger partial charge is 0.748 e. The van der Waals surface area contributed by atoms with Crippen molar-refractivity contribution < 1.29 is 35.2 Å². The monoisotopic (exact) mass is 650 g/mol. The van der Waals surface area contributed by atoms with Crippen LogP contribution in [0.25, 0.3) is 38.2 Å². The number of aromatic nitrogens is 1. The topological polar surface area (TPSA) is 120 Å². The number of benzene rings is 4. The van der Waals surface area contributed by atoms with Gasteiger partial charge in [0.2, 0.25) is 11.4 Å². The molecule has 0 aliphatic carbocycles. The number of unbranched alkanes of at least 4 members (excludes halogenated alkanes) is 1. The van der Waals surface area contributed by atoms with Crippen molar-refractivity contribution in [2.75, 3.05) is 23.8 Å². The molecular weight excluding hydrogens is 621 g/mol. The average molecular weight is 651 g/mol. The molecule has 0 spiro atoms. The van der Waals surface area contributed by atoms with Crippen molar-refractivity contribution in [3.05, 3.63) is 95.8 Å². The summed E-state index contributed by atoms with van der Waals surface area (Å²) in [7, 11) is -4.30. The van der Waals surface area contributed by atoms with E-state index in [1.165, 1.54) is 0 Å². The number of nitrogens with zero attached hydrogens (tertiary/aromatic N) is 2. The lowest BCUT2D eigenvalue weighted by Crippen LogP contribution is -2.36. The van der Waals surface area contributed by atoms with Gasteiger partial charge in [-0.1, -0.05) is 72.0 Å². The van der Waals surface area contributed by atoms with Crippen LogP contribution in [0.15, 0.2) is 90.8 Å². The average Bonchev–Trinajstić information content (AvgIpc) is 3.54. The van der Waals surface area contributed by atoms with Crippen molar-refractivity contribution in [1.82, 2.24) is 0 Å². The van der Waals surface area contributed by atoms with Crippen molar-refractivity contribution in [1.29, 1.82) is 0 Å².